The summed E-state index contributed by atoms with van der Waals surface area (Å²) in [5.74, 6) is -0.969. The van der Waals surface area contributed by atoms with E-state index in [4.69, 9.17) is 14.2 Å². The van der Waals surface area contributed by atoms with Crippen LogP contribution in [0.5, 0.6) is 23.0 Å². The molecule has 0 N–H and O–H groups in total. The molecule has 0 heterocycles. The average Bonchev–Trinajstić information content (AvgIpc) is 2.70. The summed E-state index contributed by atoms with van der Waals surface area (Å²) in [6.07, 6.45) is 0. The Hall–Kier alpha value is -2.95. The SMILES string of the molecule is COc1ccc(C(C)C(=O)c2ccc(OS(=O)(=O)C(F)(F)F)cc2OC)cc1OC. The number of halogens is 3. The first-order valence-corrected chi connectivity index (χ1v) is 9.81. The quantitative estimate of drug-likeness (QED) is 0.344. The number of benzene rings is 2. The summed E-state index contributed by atoms with van der Waals surface area (Å²) < 4.78 is 79.3. The van der Waals surface area contributed by atoms with Gasteiger partial charge in [-0.15, -0.1) is 0 Å². The van der Waals surface area contributed by atoms with Gasteiger partial charge in [0.05, 0.1) is 26.9 Å². The summed E-state index contributed by atoms with van der Waals surface area (Å²) in [6.45, 7) is 1.63. The van der Waals surface area contributed by atoms with Gasteiger partial charge in [0, 0.05) is 12.0 Å². The smallest absolute Gasteiger partial charge is 0.496 e. The Morgan fingerprint density at radius 2 is 1.50 bits per heavy atom. The minimum atomic E-state index is -5.85. The zero-order valence-corrected chi connectivity index (χ0v) is 17.3. The molecule has 0 bridgehead atoms. The second-order valence-electron chi connectivity index (χ2n) is 6.05. The molecule has 7 nitrogen and oxygen atoms in total. The van der Waals surface area contributed by atoms with Crippen LogP contribution in [0.2, 0.25) is 0 Å². The Balaban J connectivity index is 2.36. The molecule has 164 valence electrons. The van der Waals surface area contributed by atoms with Crippen LogP contribution < -0.4 is 18.4 Å². The molecule has 1 unspecified atom stereocenters. The number of Topliss-reactive ketones (excluding diaryl/α,β-unsaturated/α-hetero) is 1. The molecule has 0 spiro atoms. The molecule has 0 aromatic heterocycles. The van der Waals surface area contributed by atoms with Gasteiger partial charge in [0.25, 0.3) is 0 Å². The van der Waals surface area contributed by atoms with Crippen molar-refractivity contribution in [1.82, 2.24) is 0 Å². The van der Waals surface area contributed by atoms with Crippen molar-refractivity contribution < 1.29 is 44.8 Å². The van der Waals surface area contributed by atoms with E-state index in [1.165, 1.54) is 21.3 Å². The highest BCUT2D eigenvalue weighted by Gasteiger charge is 2.48. The normalized spacial score (nSPS) is 12.8. The topological polar surface area (TPSA) is 88.1 Å². The first-order valence-electron chi connectivity index (χ1n) is 8.40. The molecule has 30 heavy (non-hydrogen) atoms. The first kappa shape index (κ1) is 23.3. The number of ketones is 1. The van der Waals surface area contributed by atoms with Crippen molar-refractivity contribution >= 4 is 15.9 Å². The summed E-state index contributed by atoms with van der Waals surface area (Å²) in [7, 11) is -1.74. The van der Waals surface area contributed by atoms with Crippen LogP contribution in [0, 0.1) is 0 Å². The number of hydrogen-bond acceptors (Lipinski definition) is 7. The molecule has 0 aliphatic rings. The third-order valence-electron chi connectivity index (χ3n) is 4.23. The summed E-state index contributed by atoms with van der Waals surface area (Å²) in [5, 5.41) is 0. The molecule has 0 amide bonds. The van der Waals surface area contributed by atoms with E-state index >= 15 is 0 Å². The number of ether oxygens (including phenoxy) is 3. The van der Waals surface area contributed by atoms with Crippen molar-refractivity contribution in [2.24, 2.45) is 0 Å². The van der Waals surface area contributed by atoms with Gasteiger partial charge in [-0.25, -0.2) is 0 Å². The van der Waals surface area contributed by atoms with E-state index < -0.39 is 33.1 Å². The fourth-order valence-electron chi connectivity index (χ4n) is 2.61. The molecule has 0 saturated carbocycles. The van der Waals surface area contributed by atoms with Crippen molar-refractivity contribution in [1.29, 1.82) is 0 Å². The maximum atomic E-state index is 12.9. The van der Waals surface area contributed by atoms with E-state index in [-0.39, 0.29) is 11.3 Å². The van der Waals surface area contributed by atoms with E-state index in [2.05, 4.69) is 4.18 Å². The lowest BCUT2D eigenvalue weighted by atomic mass is 9.91. The molecule has 0 saturated heterocycles. The third kappa shape index (κ3) is 4.78. The van der Waals surface area contributed by atoms with Crippen LogP contribution in [0.4, 0.5) is 13.2 Å². The Kier molecular flexibility index (Phi) is 6.86. The molecule has 2 aromatic rings. The molecule has 11 heteroatoms. The van der Waals surface area contributed by atoms with Gasteiger partial charge in [-0.1, -0.05) is 13.0 Å². The van der Waals surface area contributed by atoms with E-state index in [9.17, 15) is 26.4 Å². The number of rotatable bonds is 8. The number of hydrogen-bond donors (Lipinski definition) is 0. The number of carbonyl (C=O) groups excluding carboxylic acids is 1. The van der Waals surface area contributed by atoms with Crippen LogP contribution >= 0.6 is 0 Å². The standard InChI is InChI=1S/C19H19F3O7S/c1-11(12-5-8-15(26-2)17(9-12)28-4)18(23)14-7-6-13(10-16(14)27-3)29-30(24,25)19(20,21)22/h5-11H,1-4H3. The van der Waals surface area contributed by atoms with Crippen LogP contribution in [-0.2, 0) is 10.1 Å². The maximum Gasteiger partial charge on any atom is 0.534 e. The van der Waals surface area contributed by atoms with Gasteiger partial charge in [-0.2, -0.15) is 21.6 Å². The lowest BCUT2D eigenvalue weighted by Gasteiger charge is -2.16. The van der Waals surface area contributed by atoms with Gasteiger partial charge in [-0.05, 0) is 29.8 Å². The lowest BCUT2D eigenvalue weighted by Crippen LogP contribution is -2.28. The molecule has 0 radical (unpaired) electrons. The Morgan fingerprint density at radius 3 is 2.03 bits per heavy atom. The molecule has 0 aliphatic carbocycles. The highest BCUT2D eigenvalue weighted by molar-refractivity contribution is 7.88. The van der Waals surface area contributed by atoms with Gasteiger partial charge >= 0.3 is 15.6 Å². The first-order chi connectivity index (χ1) is 13.9. The van der Waals surface area contributed by atoms with E-state index in [0.717, 1.165) is 18.2 Å². The van der Waals surface area contributed by atoms with Gasteiger partial charge in [0.15, 0.2) is 17.3 Å². The minimum Gasteiger partial charge on any atom is -0.496 e. The second-order valence-corrected chi connectivity index (χ2v) is 7.58. The fraction of sp³-hybridized carbons (Fsp3) is 0.316. The predicted octanol–water partition coefficient (Wildman–Crippen LogP) is 3.93. The van der Waals surface area contributed by atoms with Crippen molar-refractivity contribution in [2.45, 2.75) is 18.3 Å². The van der Waals surface area contributed by atoms with Crippen LogP contribution in [0.15, 0.2) is 36.4 Å². The lowest BCUT2D eigenvalue weighted by molar-refractivity contribution is -0.0500. The van der Waals surface area contributed by atoms with Crippen LogP contribution in [-0.4, -0.2) is 41.0 Å². The zero-order valence-electron chi connectivity index (χ0n) is 16.4. The molecular formula is C19H19F3O7S. The van der Waals surface area contributed by atoms with Crippen molar-refractivity contribution in [3.63, 3.8) is 0 Å². The van der Waals surface area contributed by atoms with Crippen LogP contribution in [0.3, 0.4) is 0 Å². The highest BCUT2D eigenvalue weighted by Crippen LogP contribution is 2.35. The predicted molar refractivity (Wildman–Crippen MR) is 101 cm³/mol. The summed E-state index contributed by atoms with van der Waals surface area (Å²) in [6, 6.07) is 7.91. The fourth-order valence-corrected chi connectivity index (χ4v) is 3.06. The van der Waals surface area contributed by atoms with Crippen LogP contribution in [0.1, 0.15) is 28.8 Å². The summed E-state index contributed by atoms with van der Waals surface area (Å²) in [5.41, 5.74) is -4.95. The van der Waals surface area contributed by atoms with Gasteiger partial charge in [-0.3, -0.25) is 4.79 Å². The van der Waals surface area contributed by atoms with Gasteiger partial charge in [0.1, 0.15) is 11.5 Å². The van der Waals surface area contributed by atoms with Gasteiger partial charge < -0.3 is 18.4 Å². The number of alkyl halides is 3. The summed E-state index contributed by atoms with van der Waals surface area (Å²) >= 11 is 0. The van der Waals surface area contributed by atoms with Crippen molar-refractivity contribution in [3.8, 4) is 23.0 Å². The van der Waals surface area contributed by atoms with Gasteiger partial charge in [0.2, 0.25) is 0 Å². The van der Waals surface area contributed by atoms with Crippen LogP contribution in [0.25, 0.3) is 0 Å². The average molecular weight is 448 g/mol. The Morgan fingerprint density at radius 1 is 0.900 bits per heavy atom. The zero-order chi connectivity index (χ0) is 22.7. The molecule has 2 rings (SSSR count). The van der Waals surface area contributed by atoms with E-state index in [1.54, 1.807) is 25.1 Å². The monoisotopic (exact) mass is 448 g/mol. The summed E-state index contributed by atoms with van der Waals surface area (Å²) in [4.78, 5) is 12.9. The number of methoxy groups -OCH3 is 3. The Labute approximate surface area is 171 Å². The molecule has 1 atom stereocenters. The minimum absolute atomic E-state index is 0.0385. The maximum absolute atomic E-state index is 12.9. The molecule has 0 aliphatic heterocycles. The van der Waals surface area contributed by atoms with Crippen molar-refractivity contribution in [3.05, 3.63) is 47.5 Å². The Bertz CT molecular complexity index is 1030. The van der Waals surface area contributed by atoms with Crippen molar-refractivity contribution in [2.75, 3.05) is 21.3 Å². The molecule has 2 aromatic carbocycles. The van der Waals surface area contributed by atoms with E-state index in [1.807, 2.05) is 0 Å². The number of carbonyl (C=O) groups is 1. The third-order valence-corrected chi connectivity index (χ3v) is 5.21. The molecule has 0 fully saturated rings. The van der Waals surface area contributed by atoms with E-state index in [0.29, 0.717) is 17.1 Å². The highest BCUT2D eigenvalue weighted by atomic mass is 32.2. The molecular weight excluding hydrogens is 429 g/mol. The largest absolute Gasteiger partial charge is 0.534 e. The second kappa shape index (κ2) is 8.82.